The van der Waals surface area contributed by atoms with Crippen molar-refractivity contribution in [3.05, 3.63) is 12.7 Å². The Morgan fingerprint density at radius 1 is 1.44 bits per heavy atom. The molecule has 1 heterocycles. The average molecular weight is 227 g/mol. The molecular weight excluding hydrogens is 202 g/mol. The van der Waals surface area contributed by atoms with E-state index in [1.165, 1.54) is 0 Å². The molecule has 1 aliphatic rings. The van der Waals surface area contributed by atoms with Gasteiger partial charge in [0.1, 0.15) is 0 Å². The van der Waals surface area contributed by atoms with Crippen molar-refractivity contribution in [2.75, 3.05) is 13.1 Å². The largest absolute Gasteiger partial charge is 0.375 e. The predicted molar refractivity (Wildman–Crippen MR) is 66.6 cm³/mol. The fraction of sp³-hybridized carbons (Fsp3) is 0.846. The van der Waals surface area contributed by atoms with Crippen LogP contribution in [0.5, 0.6) is 0 Å². The standard InChI is InChI=1S/C13H25NO2/c1-5-6-14-9-12(4)16-13-7-10(2)15-11(3)8-13/h5,10-14H,1,6-9H2,2-4H3. The second-order valence-corrected chi connectivity index (χ2v) is 4.74. The first kappa shape index (κ1) is 13.7. The first-order valence-electron chi connectivity index (χ1n) is 6.24. The highest BCUT2D eigenvalue weighted by Gasteiger charge is 2.26. The molecule has 0 spiro atoms. The van der Waals surface area contributed by atoms with Crippen molar-refractivity contribution in [2.24, 2.45) is 0 Å². The van der Waals surface area contributed by atoms with E-state index in [-0.39, 0.29) is 6.10 Å². The summed E-state index contributed by atoms with van der Waals surface area (Å²) >= 11 is 0. The molecule has 0 aromatic carbocycles. The molecule has 0 aromatic heterocycles. The summed E-state index contributed by atoms with van der Waals surface area (Å²) in [6.07, 6.45) is 5.13. The van der Waals surface area contributed by atoms with E-state index >= 15 is 0 Å². The molecule has 3 heteroatoms. The summed E-state index contributed by atoms with van der Waals surface area (Å²) < 4.78 is 11.7. The normalized spacial score (nSPS) is 32.3. The van der Waals surface area contributed by atoms with Gasteiger partial charge in [0, 0.05) is 13.1 Å². The fourth-order valence-corrected chi connectivity index (χ4v) is 2.22. The van der Waals surface area contributed by atoms with E-state index in [0.717, 1.165) is 25.9 Å². The van der Waals surface area contributed by atoms with Gasteiger partial charge in [-0.05, 0) is 33.6 Å². The van der Waals surface area contributed by atoms with Gasteiger partial charge in [0.2, 0.25) is 0 Å². The van der Waals surface area contributed by atoms with Crippen LogP contribution in [0.3, 0.4) is 0 Å². The summed E-state index contributed by atoms with van der Waals surface area (Å²) in [4.78, 5) is 0. The summed E-state index contributed by atoms with van der Waals surface area (Å²) in [6, 6.07) is 0. The van der Waals surface area contributed by atoms with Crippen molar-refractivity contribution < 1.29 is 9.47 Å². The lowest BCUT2D eigenvalue weighted by atomic mass is 10.0. The Labute approximate surface area is 99.2 Å². The Balaban J connectivity index is 2.21. The van der Waals surface area contributed by atoms with Crippen molar-refractivity contribution in [2.45, 2.75) is 58.0 Å². The highest BCUT2D eigenvalue weighted by Crippen LogP contribution is 2.22. The molecule has 16 heavy (non-hydrogen) atoms. The summed E-state index contributed by atoms with van der Waals surface area (Å²) in [5.41, 5.74) is 0. The monoisotopic (exact) mass is 227 g/mol. The minimum Gasteiger partial charge on any atom is -0.375 e. The highest BCUT2D eigenvalue weighted by molar-refractivity contribution is 4.76. The number of rotatable bonds is 6. The van der Waals surface area contributed by atoms with E-state index < -0.39 is 0 Å². The van der Waals surface area contributed by atoms with Gasteiger partial charge in [-0.15, -0.1) is 6.58 Å². The minimum absolute atomic E-state index is 0.252. The van der Waals surface area contributed by atoms with Crippen LogP contribution in [0.4, 0.5) is 0 Å². The number of hydrogen-bond donors (Lipinski definition) is 1. The molecule has 3 atom stereocenters. The summed E-state index contributed by atoms with van der Waals surface area (Å²) in [5, 5.41) is 3.27. The Morgan fingerprint density at radius 3 is 2.62 bits per heavy atom. The van der Waals surface area contributed by atoms with Gasteiger partial charge >= 0.3 is 0 Å². The Morgan fingerprint density at radius 2 is 2.06 bits per heavy atom. The van der Waals surface area contributed by atoms with Crippen LogP contribution in [-0.4, -0.2) is 37.5 Å². The quantitative estimate of drug-likeness (QED) is 0.557. The van der Waals surface area contributed by atoms with Crippen LogP contribution in [0.15, 0.2) is 12.7 Å². The van der Waals surface area contributed by atoms with Crippen molar-refractivity contribution in [3.63, 3.8) is 0 Å². The summed E-state index contributed by atoms with van der Waals surface area (Å²) in [6.45, 7) is 11.7. The molecule has 0 aromatic rings. The SMILES string of the molecule is C=CCNCC(C)OC1CC(C)OC(C)C1. The van der Waals surface area contributed by atoms with Crippen LogP contribution in [0.25, 0.3) is 0 Å². The number of nitrogens with one attached hydrogen (secondary N) is 1. The maximum absolute atomic E-state index is 6.00. The molecule has 3 nitrogen and oxygen atoms in total. The zero-order valence-corrected chi connectivity index (χ0v) is 10.7. The molecule has 1 rings (SSSR count). The van der Waals surface area contributed by atoms with Crippen molar-refractivity contribution >= 4 is 0 Å². The van der Waals surface area contributed by atoms with Gasteiger partial charge in [-0.2, -0.15) is 0 Å². The van der Waals surface area contributed by atoms with E-state index in [4.69, 9.17) is 9.47 Å². The lowest BCUT2D eigenvalue weighted by Crippen LogP contribution is -2.38. The fourth-order valence-electron chi connectivity index (χ4n) is 2.22. The van der Waals surface area contributed by atoms with Crippen LogP contribution < -0.4 is 5.32 Å². The number of hydrogen-bond acceptors (Lipinski definition) is 3. The predicted octanol–water partition coefficient (Wildman–Crippen LogP) is 2.12. The molecule has 0 amide bonds. The topological polar surface area (TPSA) is 30.5 Å². The maximum Gasteiger partial charge on any atom is 0.0675 e. The van der Waals surface area contributed by atoms with Crippen LogP contribution >= 0.6 is 0 Å². The lowest BCUT2D eigenvalue weighted by Gasteiger charge is -2.33. The van der Waals surface area contributed by atoms with E-state index in [2.05, 4.69) is 32.7 Å². The first-order chi connectivity index (χ1) is 7.61. The van der Waals surface area contributed by atoms with Crippen LogP contribution in [0, 0.1) is 0 Å². The molecule has 0 saturated carbocycles. The lowest BCUT2D eigenvalue weighted by molar-refractivity contribution is -0.117. The second-order valence-electron chi connectivity index (χ2n) is 4.74. The molecule has 0 bridgehead atoms. The average Bonchev–Trinajstić information content (AvgIpc) is 2.16. The van der Waals surface area contributed by atoms with Crippen LogP contribution in [-0.2, 0) is 9.47 Å². The van der Waals surface area contributed by atoms with Gasteiger partial charge < -0.3 is 14.8 Å². The zero-order valence-electron chi connectivity index (χ0n) is 10.7. The highest BCUT2D eigenvalue weighted by atomic mass is 16.5. The van der Waals surface area contributed by atoms with Gasteiger partial charge in [0.05, 0.1) is 24.4 Å². The molecule has 94 valence electrons. The molecule has 1 N–H and O–H groups in total. The molecular formula is C13H25NO2. The third-order valence-corrected chi connectivity index (χ3v) is 2.80. The molecule has 1 saturated heterocycles. The van der Waals surface area contributed by atoms with E-state index in [1.807, 2.05) is 6.08 Å². The molecule has 1 aliphatic heterocycles. The van der Waals surface area contributed by atoms with Crippen molar-refractivity contribution in [3.8, 4) is 0 Å². The Hall–Kier alpha value is -0.380. The minimum atomic E-state index is 0.252. The van der Waals surface area contributed by atoms with Gasteiger partial charge in [-0.1, -0.05) is 6.08 Å². The molecule has 3 unspecified atom stereocenters. The van der Waals surface area contributed by atoms with Crippen molar-refractivity contribution in [1.82, 2.24) is 5.32 Å². The van der Waals surface area contributed by atoms with E-state index in [1.54, 1.807) is 0 Å². The number of ether oxygens (including phenoxy) is 2. The summed E-state index contributed by atoms with van der Waals surface area (Å²) in [7, 11) is 0. The van der Waals surface area contributed by atoms with Gasteiger partial charge in [-0.3, -0.25) is 0 Å². The third kappa shape index (κ3) is 5.10. The Kier molecular flexibility index (Phi) is 6.03. The van der Waals surface area contributed by atoms with Crippen LogP contribution in [0.2, 0.25) is 0 Å². The zero-order chi connectivity index (χ0) is 12.0. The van der Waals surface area contributed by atoms with Crippen molar-refractivity contribution in [1.29, 1.82) is 0 Å². The molecule has 0 aliphatic carbocycles. The van der Waals surface area contributed by atoms with Gasteiger partial charge in [0.15, 0.2) is 0 Å². The third-order valence-electron chi connectivity index (χ3n) is 2.80. The van der Waals surface area contributed by atoms with Gasteiger partial charge in [0.25, 0.3) is 0 Å². The summed E-state index contributed by atoms with van der Waals surface area (Å²) in [5.74, 6) is 0. The first-order valence-corrected chi connectivity index (χ1v) is 6.24. The van der Waals surface area contributed by atoms with E-state index in [0.29, 0.717) is 18.3 Å². The Bertz CT molecular complexity index is 198. The maximum atomic E-state index is 6.00. The smallest absolute Gasteiger partial charge is 0.0675 e. The van der Waals surface area contributed by atoms with Crippen LogP contribution in [0.1, 0.15) is 33.6 Å². The molecule has 1 fully saturated rings. The molecule has 0 radical (unpaired) electrons. The van der Waals surface area contributed by atoms with E-state index in [9.17, 15) is 0 Å². The van der Waals surface area contributed by atoms with Gasteiger partial charge in [-0.25, -0.2) is 0 Å². The second kappa shape index (κ2) is 7.05.